The van der Waals surface area contributed by atoms with E-state index in [2.05, 4.69) is 27.1 Å². The van der Waals surface area contributed by atoms with Crippen molar-refractivity contribution in [3.8, 4) is 11.8 Å². The number of anilines is 1. The van der Waals surface area contributed by atoms with Gasteiger partial charge in [-0.1, -0.05) is 26.0 Å². The van der Waals surface area contributed by atoms with Crippen molar-refractivity contribution in [3.05, 3.63) is 36.2 Å². The molecular weight excluding hydrogens is 248 g/mol. The SMILES string of the molecule is C/C=C\C=C(/NC)c1cnc(N)nc1.CC.CC#CC. The number of aromatic nitrogens is 2. The molecule has 0 bridgehead atoms. The van der Waals surface area contributed by atoms with E-state index in [1.165, 1.54) is 0 Å². The molecule has 0 saturated heterocycles. The van der Waals surface area contributed by atoms with E-state index in [1.54, 1.807) is 12.4 Å². The molecule has 0 fully saturated rings. The second-order valence-corrected chi connectivity index (χ2v) is 3.19. The Balaban J connectivity index is 0. The van der Waals surface area contributed by atoms with Crippen LogP contribution in [0.15, 0.2) is 30.6 Å². The fourth-order valence-corrected chi connectivity index (χ4v) is 0.993. The Morgan fingerprint density at radius 1 is 1.20 bits per heavy atom. The first-order chi connectivity index (χ1) is 9.69. The molecule has 4 heteroatoms. The van der Waals surface area contributed by atoms with Crippen molar-refractivity contribution in [1.29, 1.82) is 0 Å². The summed E-state index contributed by atoms with van der Waals surface area (Å²) in [7, 11) is 1.85. The minimum Gasteiger partial charge on any atom is -0.388 e. The smallest absolute Gasteiger partial charge is 0.219 e. The van der Waals surface area contributed by atoms with Crippen molar-refractivity contribution in [2.75, 3.05) is 12.8 Å². The van der Waals surface area contributed by atoms with Crippen LogP contribution in [-0.2, 0) is 0 Å². The Hall–Kier alpha value is -2.28. The van der Waals surface area contributed by atoms with Crippen LogP contribution in [0.1, 0.15) is 40.2 Å². The molecule has 0 amide bonds. The van der Waals surface area contributed by atoms with Crippen LogP contribution in [0.5, 0.6) is 0 Å². The minimum absolute atomic E-state index is 0.287. The van der Waals surface area contributed by atoms with Crippen LogP contribution in [0, 0.1) is 11.8 Å². The number of nitrogen functional groups attached to an aromatic ring is 1. The summed E-state index contributed by atoms with van der Waals surface area (Å²) in [5.74, 6) is 5.65. The van der Waals surface area contributed by atoms with Gasteiger partial charge in [-0.2, -0.15) is 0 Å². The van der Waals surface area contributed by atoms with Gasteiger partial charge in [0.25, 0.3) is 0 Å². The summed E-state index contributed by atoms with van der Waals surface area (Å²) in [6.07, 6.45) is 9.23. The summed E-state index contributed by atoms with van der Waals surface area (Å²) in [6.45, 7) is 9.60. The Bertz CT molecular complexity index is 442. The Morgan fingerprint density at radius 2 is 1.70 bits per heavy atom. The molecule has 1 heterocycles. The van der Waals surface area contributed by atoms with Gasteiger partial charge in [-0.25, -0.2) is 9.97 Å². The highest BCUT2D eigenvalue weighted by molar-refractivity contribution is 5.64. The molecule has 110 valence electrons. The summed E-state index contributed by atoms with van der Waals surface area (Å²) in [4.78, 5) is 7.84. The normalized spacial score (nSPS) is 9.40. The van der Waals surface area contributed by atoms with Gasteiger partial charge in [0.05, 0.1) is 0 Å². The summed E-state index contributed by atoms with van der Waals surface area (Å²) >= 11 is 0. The van der Waals surface area contributed by atoms with Crippen LogP contribution in [0.3, 0.4) is 0 Å². The predicted molar refractivity (Wildman–Crippen MR) is 88.8 cm³/mol. The Kier molecular flexibility index (Phi) is 14.8. The monoisotopic (exact) mass is 274 g/mol. The fourth-order valence-electron chi connectivity index (χ4n) is 0.993. The largest absolute Gasteiger partial charge is 0.388 e. The Morgan fingerprint density at radius 3 is 2.05 bits per heavy atom. The van der Waals surface area contributed by atoms with E-state index < -0.39 is 0 Å². The van der Waals surface area contributed by atoms with Gasteiger partial charge in [0, 0.05) is 30.7 Å². The van der Waals surface area contributed by atoms with Crippen LogP contribution < -0.4 is 11.1 Å². The van der Waals surface area contributed by atoms with Gasteiger partial charge < -0.3 is 11.1 Å². The Labute approximate surface area is 123 Å². The number of rotatable bonds is 3. The maximum absolute atomic E-state index is 5.39. The highest BCUT2D eigenvalue weighted by atomic mass is 15.0. The second-order valence-electron chi connectivity index (χ2n) is 3.19. The molecule has 0 aromatic carbocycles. The average Bonchev–Trinajstić information content (AvgIpc) is 2.52. The quantitative estimate of drug-likeness (QED) is 0.656. The third-order valence-electron chi connectivity index (χ3n) is 1.96. The first-order valence-corrected chi connectivity index (χ1v) is 6.61. The van der Waals surface area contributed by atoms with E-state index in [0.717, 1.165) is 11.3 Å². The lowest BCUT2D eigenvalue weighted by Crippen LogP contribution is -2.06. The van der Waals surface area contributed by atoms with E-state index in [9.17, 15) is 0 Å². The average molecular weight is 274 g/mol. The van der Waals surface area contributed by atoms with Gasteiger partial charge in [0.2, 0.25) is 5.95 Å². The van der Waals surface area contributed by atoms with Crippen LogP contribution in [-0.4, -0.2) is 17.0 Å². The van der Waals surface area contributed by atoms with Gasteiger partial charge >= 0.3 is 0 Å². The molecule has 0 unspecified atom stereocenters. The van der Waals surface area contributed by atoms with Crippen molar-refractivity contribution in [3.63, 3.8) is 0 Å². The minimum atomic E-state index is 0.287. The second kappa shape index (κ2) is 14.8. The van der Waals surface area contributed by atoms with Crippen LogP contribution >= 0.6 is 0 Å². The maximum Gasteiger partial charge on any atom is 0.219 e. The molecule has 0 atom stereocenters. The third kappa shape index (κ3) is 9.72. The van der Waals surface area contributed by atoms with E-state index >= 15 is 0 Å². The number of hydrogen-bond acceptors (Lipinski definition) is 4. The van der Waals surface area contributed by atoms with Gasteiger partial charge in [0.15, 0.2) is 0 Å². The number of nitrogens with one attached hydrogen (secondary N) is 1. The molecule has 1 aromatic rings. The van der Waals surface area contributed by atoms with Gasteiger partial charge in [0.1, 0.15) is 0 Å². The first kappa shape index (κ1) is 20.0. The summed E-state index contributed by atoms with van der Waals surface area (Å²) in [5, 5.41) is 3.06. The van der Waals surface area contributed by atoms with Crippen molar-refractivity contribution < 1.29 is 0 Å². The zero-order valence-corrected chi connectivity index (χ0v) is 13.4. The van der Waals surface area contributed by atoms with E-state index in [-0.39, 0.29) is 5.95 Å². The highest BCUT2D eigenvalue weighted by Crippen LogP contribution is 2.08. The summed E-state index contributed by atoms with van der Waals surface area (Å²) < 4.78 is 0. The zero-order chi connectivity index (χ0) is 15.8. The molecule has 0 aliphatic rings. The van der Waals surface area contributed by atoms with Crippen LogP contribution in [0.4, 0.5) is 5.95 Å². The molecule has 0 aliphatic heterocycles. The van der Waals surface area contributed by atoms with E-state index in [0.29, 0.717) is 0 Å². The fraction of sp³-hybridized carbons (Fsp3) is 0.375. The van der Waals surface area contributed by atoms with Crippen molar-refractivity contribution in [2.45, 2.75) is 34.6 Å². The van der Waals surface area contributed by atoms with E-state index in [1.807, 2.05) is 59.9 Å². The molecular formula is C16H26N4. The predicted octanol–water partition coefficient (Wildman–Crippen LogP) is 3.25. The molecule has 0 saturated carbocycles. The third-order valence-corrected chi connectivity index (χ3v) is 1.96. The molecule has 4 nitrogen and oxygen atoms in total. The summed E-state index contributed by atoms with van der Waals surface area (Å²) in [6, 6.07) is 0. The van der Waals surface area contributed by atoms with Gasteiger partial charge in [-0.3, -0.25) is 0 Å². The van der Waals surface area contributed by atoms with Crippen molar-refractivity contribution in [2.24, 2.45) is 0 Å². The maximum atomic E-state index is 5.39. The number of nitrogens with two attached hydrogens (primary N) is 1. The summed E-state index contributed by atoms with van der Waals surface area (Å²) in [5.41, 5.74) is 7.27. The molecule has 3 N–H and O–H groups in total. The molecule has 0 radical (unpaired) electrons. The first-order valence-electron chi connectivity index (χ1n) is 6.61. The van der Waals surface area contributed by atoms with Crippen LogP contribution in [0.25, 0.3) is 5.70 Å². The van der Waals surface area contributed by atoms with Gasteiger partial charge in [-0.05, 0) is 26.8 Å². The van der Waals surface area contributed by atoms with Crippen LogP contribution in [0.2, 0.25) is 0 Å². The number of nitrogens with zero attached hydrogens (tertiary/aromatic N) is 2. The molecule has 0 spiro atoms. The lowest BCUT2D eigenvalue weighted by Gasteiger charge is -2.04. The molecule has 20 heavy (non-hydrogen) atoms. The lowest BCUT2D eigenvalue weighted by atomic mass is 10.2. The lowest BCUT2D eigenvalue weighted by molar-refractivity contribution is 1.09. The zero-order valence-electron chi connectivity index (χ0n) is 13.4. The van der Waals surface area contributed by atoms with Crippen molar-refractivity contribution in [1.82, 2.24) is 15.3 Å². The molecule has 1 aromatic heterocycles. The number of hydrogen-bond donors (Lipinski definition) is 2. The number of allylic oxidation sites excluding steroid dienone is 3. The topological polar surface area (TPSA) is 63.8 Å². The van der Waals surface area contributed by atoms with Crippen molar-refractivity contribution >= 4 is 11.6 Å². The van der Waals surface area contributed by atoms with E-state index in [4.69, 9.17) is 5.73 Å². The molecule has 0 aliphatic carbocycles. The standard InChI is InChI=1S/C10H14N4.C4H6.C2H6/c1-3-4-5-9(12-2)8-6-13-10(11)14-7-8;1-3-4-2;1-2/h3-7,12H,1-2H3,(H2,11,13,14);1-2H3;1-2H3/b4-3-,9-5-;;. The van der Waals surface area contributed by atoms with Gasteiger partial charge in [-0.15, -0.1) is 11.8 Å². The highest BCUT2D eigenvalue weighted by Gasteiger charge is 1.98. The molecule has 1 rings (SSSR count).